The molecule has 3 nitrogen and oxygen atoms in total. The molecule has 0 radical (unpaired) electrons. The molecule has 1 aliphatic carbocycles. The van der Waals surface area contributed by atoms with Crippen LogP contribution in [0.5, 0.6) is 5.75 Å². The van der Waals surface area contributed by atoms with Gasteiger partial charge in [-0.3, -0.25) is 0 Å². The van der Waals surface area contributed by atoms with Gasteiger partial charge in [-0.2, -0.15) is 0 Å². The van der Waals surface area contributed by atoms with Crippen molar-refractivity contribution in [1.29, 1.82) is 0 Å². The van der Waals surface area contributed by atoms with Gasteiger partial charge in [-0.15, -0.1) is 0 Å². The number of rotatable bonds is 2. The van der Waals surface area contributed by atoms with Crippen LogP contribution in [0.15, 0.2) is 30.3 Å². The van der Waals surface area contributed by atoms with E-state index in [0.29, 0.717) is 5.76 Å². The molecular weight excluding hydrogens is 252 g/mol. The van der Waals surface area contributed by atoms with Crippen molar-refractivity contribution in [2.24, 2.45) is 0 Å². The number of fused-ring (bicyclic) bond motifs is 1. The molecule has 0 fully saturated rings. The van der Waals surface area contributed by atoms with Crippen LogP contribution in [0.4, 0.5) is 0 Å². The van der Waals surface area contributed by atoms with Crippen LogP contribution in [0.1, 0.15) is 22.3 Å². The third kappa shape index (κ3) is 1.59. The first-order valence-corrected chi connectivity index (χ1v) is 6.46. The summed E-state index contributed by atoms with van der Waals surface area (Å²) in [5, 5.41) is 19.8. The topological polar surface area (TPSA) is 49.7 Å². The van der Waals surface area contributed by atoms with Gasteiger partial charge in [-0.25, -0.2) is 0 Å². The standard InChI is InChI=1S/C17H16O3/c1-9-7-11(18)8-10(2)14(9)12-5-4-6-13-15(12)16(19)17(13)20-3/h4-8,18-19H,1-3H3. The molecule has 20 heavy (non-hydrogen) atoms. The van der Waals surface area contributed by atoms with Gasteiger partial charge in [0.05, 0.1) is 7.11 Å². The Bertz CT molecular complexity index is 719. The Morgan fingerprint density at radius 1 is 0.900 bits per heavy atom. The highest BCUT2D eigenvalue weighted by Gasteiger charge is 2.30. The molecule has 2 aromatic rings. The fraction of sp³-hybridized carbons (Fsp3) is 0.176. The van der Waals surface area contributed by atoms with Crippen molar-refractivity contribution in [2.45, 2.75) is 13.8 Å². The van der Waals surface area contributed by atoms with Gasteiger partial charge in [-0.05, 0) is 48.2 Å². The zero-order chi connectivity index (χ0) is 14.4. The maximum Gasteiger partial charge on any atom is 0.169 e. The molecule has 0 aromatic heterocycles. The van der Waals surface area contributed by atoms with E-state index in [0.717, 1.165) is 33.4 Å². The third-order valence-electron chi connectivity index (χ3n) is 3.75. The Morgan fingerprint density at radius 2 is 1.50 bits per heavy atom. The van der Waals surface area contributed by atoms with Gasteiger partial charge >= 0.3 is 0 Å². The van der Waals surface area contributed by atoms with Crippen LogP contribution in [-0.2, 0) is 4.74 Å². The van der Waals surface area contributed by atoms with Crippen LogP contribution in [0.3, 0.4) is 0 Å². The van der Waals surface area contributed by atoms with E-state index in [4.69, 9.17) is 4.74 Å². The number of aliphatic hydroxyl groups is 1. The Labute approximate surface area is 117 Å². The van der Waals surface area contributed by atoms with E-state index in [1.807, 2.05) is 32.0 Å². The predicted molar refractivity (Wildman–Crippen MR) is 79.5 cm³/mol. The highest BCUT2D eigenvalue weighted by Crippen LogP contribution is 2.46. The second-order valence-electron chi connectivity index (χ2n) is 5.06. The Balaban J connectivity index is 2.25. The molecule has 2 aromatic carbocycles. The van der Waals surface area contributed by atoms with Gasteiger partial charge in [0.1, 0.15) is 5.75 Å². The van der Waals surface area contributed by atoms with Crippen molar-refractivity contribution in [3.8, 4) is 16.9 Å². The minimum Gasteiger partial charge on any atom is -0.508 e. The second kappa shape index (κ2) is 4.30. The van der Waals surface area contributed by atoms with E-state index in [9.17, 15) is 10.2 Å². The SMILES string of the molecule is COC1=C(O)c2c1cccc2-c1c(C)cc(O)cc1C. The Kier molecular flexibility index (Phi) is 2.71. The fourth-order valence-electron chi connectivity index (χ4n) is 2.96. The van der Waals surface area contributed by atoms with Gasteiger partial charge in [0.2, 0.25) is 0 Å². The molecule has 0 bridgehead atoms. The number of aliphatic hydroxyl groups excluding tert-OH is 1. The van der Waals surface area contributed by atoms with Crippen LogP contribution in [0.25, 0.3) is 22.6 Å². The summed E-state index contributed by atoms with van der Waals surface area (Å²) in [6.07, 6.45) is 0. The van der Waals surface area contributed by atoms with E-state index in [-0.39, 0.29) is 11.5 Å². The van der Waals surface area contributed by atoms with Crippen molar-refractivity contribution < 1.29 is 14.9 Å². The fourth-order valence-corrected chi connectivity index (χ4v) is 2.96. The number of benzene rings is 2. The summed E-state index contributed by atoms with van der Waals surface area (Å²) in [4.78, 5) is 0. The number of ether oxygens (including phenoxy) is 1. The monoisotopic (exact) mass is 268 g/mol. The highest BCUT2D eigenvalue weighted by atomic mass is 16.5. The molecule has 102 valence electrons. The van der Waals surface area contributed by atoms with Crippen molar-refractivity contribution >= 4 is 11.5 Å². The molecule has 2 N–H and O–H groups in total. The summed E-state index contributed by atoms with van der Waals surface area (Å²) < 4.78 is 5.18. The average molecular weight is 268 g/mol. The van der Waals surface area contributed by atoms with Gasteiger partial charge in [0.15, 0.2) is 11.5 Å². The molecule has 0 aliphatic heterocycles. The minimum atomic E-state index is 0.199. The van der Waals surface area contributed by atoms with Crippen LogP contribution < -0.4 is 0 Å². The summed E-state index contributed by atoms with van der Waals surface area (Å²) in [6.45, 7) is 3.91. The maximum atomic E-state index is 10.1. The van der Waals surface area contributed by atoms with Crippen LogP contribution >= 0.6 is 0 Å². The number of hydrogen-bond donors (Lipinski definition) is 2. The largest absolute Gasteiger partial charge is 0.508 e. The van der Waals surface area contributed by atoms with E-state index in [2.05, 4.69) is 0 Å². The molecule has 0 saturated carbocycles. The number of hydrogen-bond acceptors (Lipinski definition) is 3. The molecule has 0 atom stereocenters. The first-order valence-electron chi connectivity index (χ1n) is 6.46. The maximum absolute atomic E-state index is 10.1. The lowest BCUT2D eigenvalue weighted by Crippen LogP contribution is -2.10. The zero-order valence-corrected chi connectivity index (χ0v) is 11.7. The van der Waals surface area contributed by atoms with Crippen molar-refractivity contribution in [3.63, 3.8) is 0 Å². The lowest BCUT2D eigenvalue weighted by atomic mass is 9.83. The lowest BCUT2D eigenvalue weighted by molar-refractivity contribution is 0.350. The predicted octanol–water partition coefficient (Wildman–Crippen LogP) is 4.02. The average Bonchev–Trinajstić information content (AvgIpc) is 2.37. The molecule has 3 heteroatoms. The van der Waals surface area contributed by atoms with Crippen molar-refractivity contribution in [1.82, 2.24) is 0 Å². The quantitative estimate of drug-likeness (QED) is 0.864. The molecule has 0 saturated heterocycles. The minimum absolute atomic E-state index is 0.199. The number of aryl methyl sites for hydroxylation is 2. The Hall–Kier alpha value is -2.42. The summed E-state index contributed by atoms with van der Waals surface area (Å²) in [5.41, 5.74) is 5.72. The first-order chi connectivity index (χ1) is 9.54. The summed E-state index contributed by atoms with van der Waals surface area (Å²) in [7, 11) is 1.55. The summed E-state index contributed by atoms with van der Waals surface area (Å²) in [5.74, 6) is 0.997. The zero-order valence-electron chi connectivity index (χ0n) is 11.7. The molecular formula is C17H16O3. The number of phenolic OH excluding ortho intramolecular Hbond substituents is 1. The summed E-state index contributed by atoms with van der Waals surface area (Å²) >= 11 is 0. The molecule has 1 aliphatic rings. The number of phenols is 1. The normalized spacial score (nSPS) is 12.9. The third-order valence-corrected chi connectivity index (χ3v) is 3.75. The van der Waals surface area contributed by atoms with Crippen LogP contribution in [0.2, 0.25) is 0 Å². The summed E-state index contributed by atoms with van der Waals surface area (Å²) in [6, 6.07) is 9.33. The molecule has 0 amide bonds. The number of methoxy groups -OCH3 is 1. The van der Waals surface area contributed by atoms with E-state index < -0.39 is 0 Å². The lowest BCUT2D eigenvalue weighted by Gasteiger charge is -2.26. The second-order valence-corrected chi connectivity index (χ2v) is 5.06. The van der Waals surface area contributed by atoms with Crippen molar-refractivity contribution in [3.05, 3.63) is 52.6 Å². The van der Waals surface area contributed by atoms with Gasteiger partial charge < -0.3 is 14.9 Å². The highest BCUT2D eigenvalue weighted by molar-refractivity contribution is 6.03. The first kappa shape index (κ1) is 12.6. The van der Waals surface area contributed by atoms with Gasteiger partial charge in [-0.1, -0.05) is 18.2 Å². The number of aromatic hydroxyl groups is 1. The van der Waals surface area contributed by atoms with Crippen LogP contribution in [0, 0.1) is 13.8 Å². The van der Waals surface area contributed by atoms with Crippen molar-refractivity contribution in [2.75, 3.05) is 7.11 Å². The van der Waals surface area contributed by atoms with E-state index >= 15 is 0 Å². The molecule has 0 spiro atoms. The van der Waals surface area contributed by atoms with Gasteiger partial charge in [0.25, 0.3) is 0 Å². The Morgan fingerprint density at radius 3 is 2.10 bits per heavy atom. The molecule has 0 unspecified atom stereocenters. The molecule has 0 heterocycles. The van der Waals surface area contributed by atoms with E-state index in [1.54, 1.807) is 19.2 Å². The molecule has 3 rings (SSSR count). The smallest absolute Gasteiger partial charge is 0.169 e. The van der Waals surface area contributed by atoms with Crippen LogP contribution in [-0.4, -0.2) is 17.3 Å². The van der Waals surface area contributed by atoms with Gasteiger partial charge in [0, 0.05) is 11.1 Å². The van der Waals surface area contributed by atoms with E-state index in [1.165, 1.54) is 0 Å².